The fraction of sp³-hybridized carbons (Fsp3) is 0.161. The van der Waals surface area contributed by atoms with Gasteiger partial charge in [0, 0.05) is 29.9 Å². The van der Waals surface area contributed by atoms with Gasteiger partial charge in [-0.1, -0.05) is 12.1 Å². The van der Waals surface area contributed by atoms with Gasteiger partial charge in [0.15, 0.2) is 11.5 Å². The second-order valence-corrected chi connectivity index (χ2v) is 9.42. The summed E-state index contributed by atoms with van der Waals surface area (Å²) in [6.07, 6.45) is 4.75. The van der Waals surface area contributed by atoms with E-state index < -0.39 is 11.5 Å². The first-order valence-electron chi connectivity index (χ1n) is 12.8. The van der Waals surface area contributed by atoms with Gasteiger partial charge in [0.05, 0.1) is 25.9 Å². The Morgan fingerprint density at radius 1 is 0.902 bits per heavy atom. The highest BCUT2D eigenvalue weighted by Crippen LogP contribution is 2.36. The minimum absolute atomic E-state index is 0.0599. The number of nitrogens with one attached hydrogen (secondary N) is 1. The minimum atomic E-state index is -0.615. The molecule has 0 spiro atoms. The SMILES string of the molecule is COc1cc2nccc(Oc3ccc(NC(=O)c4cc(-c5ccc(F)cc5)cn(C(C)C)c4=O)nc3)c2cc1OC. The van der Waals surface area contributed by atoms with Gasteiger partial charge in [0.25, 0.3) is 11.5 Å². The van der Waals surface area contributed by atoms with Crippen LogP contribution in [0.5, 0.6) is 23.0 Å². The van der Waals surface area contributed by atoms with E-state index in [1.807, 2.05) is 13.8 Å². The van der Waals surface area contributed by atoms with Gasteiger partial charge in [-0.2, -0.15) is 0 Å². The van der Waals surface area contributed by atoms with Crippen molar-refractivity contribution in [1.82, 2.24) is 14.5 Å². The Morgan fingerprint density at radius 3 is 2.29 bits per heavy atom. The first-order chi connectivity index (χ1) is 19.8. The summed E-state index contributed by atoms with van der Waals surface area (Å²) in [5.74, 6) is 1.28. The van der Waals surface area contributed by atoms with Crippen LogP contribution in [-0.4, -0.2) is 34.7 Å². The number of aromatic nitrogens is 3. The van der Waals surface area contributed by atoms with E-state index in [1.165, 1.54) is 29.0 Å². The van der Waals surface area contributed by atoms with Crippen LogP contribution in [0.15, 0.2) is 84.0 Å². The summed E-state index contributed by atoms with van der Waals surface area (Å²) < 4.78 is 31.7. The van der Waals surface area contributed by atoms with Crippen molar-refractivity contribution in [2.45, 2.75) is 19.9 Å². The summed E-state index contributed by atoms with van der Waals surface area (Å²) in [6, 6.07) is 15.6. The van der Waals surface area contributed by atoms with Crippen molar-refractivity contribution in [2.24, 2.45) is 0 Å². The third kappa shape index (κ3) is 5.72. The van der Waals surface area contributed by atoms with Crippen molar-refractivity contribution in [2.75, 3.05) is 19.5 Å². The lowest BCUT2D eigenvalue weighted by atomic mass is 10.0. The lowest BCUT2D eigenvalue weighted by Crippen LogP contribution is -2.30. The monoisotopic (exact) mass is 554 g/mol. The molecule has 0 saturated carbocycles. The Morgan fingerprint density at radius 2 is 1.63 bits per heavy atom. The molecule has 1 amide bonds. The Balaban J connectivity index is 1.39. The number of rotatable bonds is 8. The molecule has 0 saturated heterocycles. The number of carbonyl (C=O) groups is 1. The molecule has 208 valence electrons. The van der Waals surface area contributed by atoms with Crippen LogP contribution in [0.3, 0.4) is 0 Å². The molecule has 0 atom stereocenters. The molecule has 1 N–H and O–H groups in total. The molecule has 2 aromatic carbocycles. The zero-order chi connectivity index (χ0) is 29.1. The zero-order valence-corrected chi connectivity index (χ0v) is 22.8. The minimum Gasteiger partial charge on any atom is -0.493 e. The highest BCUT2D eigenvalue weighted by atomic mass is 19.1. The summed E-state index contributed by atoms with van der Waals surface area (Å²) in [7, 11) is 3.10. The number of anilines is 1. The molecule has 0 aliphatic heterocycles. The van der Waals surface area contributed by atoms with Crippen molar-refractivity contribution >= 4 is 22.6 Å². The normalized spacial score (nSPS) is 11.0. The van der Waals surface area contributed by atoms with Crippen molar-refractivity contribution in [3.05, 3.63) is 101 Å². The van der Waals surface area contributed by atoms with E-state index in [1.54, 1.807) is 69.1 Å². The maximum Gasteiger partial charge on any atom is 0.263 e. The van der Waals surface area contributed by atoms with Crippen LogP contribution in [0.4, 0.5) is 10.2 Å². The molecule has 0 radical (unpaired) electrons. The third-order valence-corrected chi connectivity index (χ3v) is 6.43. The highest BCUT2D eigenvalue weighted by Gasteiger charge is 2.18. The molecule has 41 heavy (non-hydrogen) atoms. The van der Waals surface area contributed by atoms with Crippen molar-refractivity contribution < 1.29 is 23.4 Å². The van der Waals surface area contributed by atoms with E-state index in [4.69, 9.17) is 14.2 Å². The predicted octanol–water partition coefficient (Wildman–Crippen LogP) is 6.24. The fourth-order valence-electron chi connectivity index (χ4n) is 4.31. The van der Waals surface area contributed by atoms with Gasteiger partial charge in [-0.3, -0.25) is 14.6 Å². The number of carbonyl (C=O) groups excluding carboxylic acids is 1. The number of nitrogens with zero attached hydrogens (tertiary/aromatic N) is 3. The molecule has 0 aliphatic rings. The molecule has 0 bridgehead atoms. The van der Waals surface area contributed by atoms with Gasteiger partial charge in [-0.25, -0.2) is 9.37 Å². The smallest absolute Gasteiger partial charge is 0.263 e. The average Bonchev–Trinajstić information content (AvgIpc) is 2.98. The fourth-order valence-corrected chi connectivity index (χ4v) is 4.31. The van der Waals surface area contributed by atoms with Crippen LogP contribution in [-0.2, 0) is 0 Å². The third-order valence-electron chi connectivity index (χ3n) is 6.43. The van der Waals surface area contributed by atoms with E-state index in [9.17, 15) is 14.0 Å². The first kappa shape index (κ1) is 27.3. The second kappa shape index (κ2) is 11.5. The maximum atomic E-state index is 13.5. The van der Waals surface area contributed by atoms with E-state index in [0.717, 1.165) is 0 Å². The Labute approximate surface area is 235 Å². The quantitative estimate of drug-likeness (QED) is 0.242. The number of amides is 1. The van der Waals surface area contributed by atoms with Crippen LogP contribution in [0.25, 0.3) is 22.0 Å². The molecule has 3 heterocycles. The van der Waals surface area contributed by atoms with Gasteiger partial charge < -0.3 is 24.1 Å². The van der Waals surface area contributed by atoms with Gasteiger partial charge >= 0.3 is 0 Å². The summed E-state index contributed by atoms with van der Waals surface area (Å²) in [6.45, 7) is 3.69. The van der Waals surface area contributed by atoms with Gasteiger partial charge in [0.1, 0.15) is 28.7 Å². The lowest BCUT2D eigenvalue weighted by Gasteiger charge is -2.15. The van der Waals surface area contributed by atoms with E-state index in [2.05, 4.69) is 15.3 Å². The van der Waals surface area contributed by atoms with Crippen LogP contribution < -0.4 is 25.1 Å². The van der Waals surface area contributed by atoms with Crippen molar-refractivity contribution in [3.8, 4) is 34.1 Å². The number of fused-ring (bicyclic) bond motifs is 1. The van der Waals surface area contributed by atoms with Gasteiger partial charge in [-0.05, 0) is 67.4 Å². The molecule has 10 heteroatoms. The van der Waals surface area contributed by atoms with Gasteiger partial charge in [-0.15, -0.1) is 0 Å². The molecule has 5 aromatic rings. The first-order valence-corrected chi connectivity index (χ1v) is 12.8. The van der Waals surface area contributed by atoms with Crippen LogP contribution >= 0.6 is 0 Å². The second-order valence-electron chi connectivity index (χ2n) is 9.42. The molecular formula is C31H27FN4O5. The number of halogens is 1. The topological polar surface area (TPSA) is 105 Å². The number of methoxy groups -OCH3 is 2. The Hall–Kier alpha value is -5.25. The lowest BCUT2D eigenvalue weighted by molar-refractivity contribution is 0.102. The number of pyridine rings is 3. The Kier molecular flexibility index (Phi) is 7.64. The summed E-state index contributed by atoms with van der Waals surface area (Å²) >= 11 is 0. The number of hydrogen-bond acceptors (Lipinski definition) is 7. The van der Waals surface area contributed by atoms with Crippen molar-refractivity contribution in [3.63, 3.8) is 0 Å². The standard InChI is InChI=1S/C31H27FN4O5/c1-18(2)36-17-20(19-5-7-21(32)8-6-19)13-24(31(36)38)30(37)35-29-10-9-22(16-34-29)41-26-11-12-33-25-15-28(40-4)27(39-3)14-23(25)26/h5-18H,1-4H3,(H,34,35,37). The molecule has 5 rings (SSSR count). The maximum absolute atomic E-state index is 13.5. The van der Waals surface area contributed by atoms with Crippen LogP contribution in [0.1, 0.15) is 30.2 Å². The van der Waals surface area contributed by atoms with E-state index in [-0.39, 0.29) is 23.2 Å². The zero-order valence-electron chi connectivity index (χ0n) is 22.8. The average molecular weight is 555 g/mol. The molecular weight excluding hydrogens is 527 g/mol. The molecule has 0 unspecified atom stereocenters. The summed E-state index contributed by atoms with van der Waals surface area (Å²) in [5, 5.41) is 3.40. The van der Waals surface area contributed by atoms with Gasteiger partial charge in [0.2, 0.25) is 0 Å². The summed E-state index contributed by atoms with van der Waals surface area (Å²) in [4.78, 5) is 35.0. The van der Waals surface area contributed by atoms with Crippen molar-refractivity contribution in [1.29, 1.82) is 0 Å². The highest BCUT2D eigenvalue weighted by molar-refractivity contribution is 6.04. The van der Waals surface area contributed by atoms with Crippen LogP contribution in [0, 0.1) is 5.82 Å². The van der Waals surface area contributed by atoms with E-state index >= 15 is 0 Å². The summed E-state index contributed by atoms with van der Waals surface area (Å²) in [5.41, 5.74) is 1.44. The largest absolute Gasteiger partial charge is 0.493 e. The molecule has 9 nitrogen and oxygen atoms in total. The molecule has 0 fully saturated rings. The predicted molar refractivity (Wildman–Crippen MR) is 154 cm³/mol. The molecule has 3 aromatic heterocycles. The number of ether oxygens (including phenoxy) is 3. The molecule has 0 aliphatic carbocycles. The number of hydrogen-bond donors (Lipinski definition) is 1. The Bertz CT molecular complexity index is 1780. The number of benzene rings is 2. The van der Waals surface area contributed by atoms with E-state index in [0.29, 0.717) is 45.0 Å². The van der Waals surface area contributed by atoms with Crippen LogP contribution in [0.2, 0.25) is 0 Å².